The third kappa shape index (κ3) is 4.71. The molecular formula is C16H23FN2OS. The van der Waals surface area contributed by atoms with Gasteiger partial charge in [-0.3, -0.25) is 4.79 Å². The maximum absolute atomic E-state index is 12.8. The summed E-state index contributed by atoms with van der Waals surface area (Å²) in [4.78, 5) is 15.3. The second-order valence-corrected chi connectivity index (χ2v) is 6.76. The van der Waals surface area contributed by atoms with E-state index in [-0.39, 0.29) is 17.6 Å². The van der Waals surface area contributed by atoms with Gasteiger partial charge in [-0.05, 0) is 49.6 Å². The van der Waals surface area contributed by atoms with Crippen LogP contribution in [0, 0.1) is 17.7 Å². The van der Waals surface area contributed by atoms with E-state index in [2.05, 4.69) is 0 Å². The van der Waals surface area contributed by atoms with Gasteiger partial charge in [0.15, 0.2) is 0 Å². The van der Waals surface area contributed by atoms with Crippen molar-refractivity contribution in [3.05, 3.63) is 30.1 Å². The summed E-state index contributed by atoms with van der Waals surface area (Å²) >= 11 is 1.60. The lowest BCUT2D eigenvalue weighted by molar-refractivity contribution is -0.135. The molecule has 3 nitrogen and oxygen atoms in total. The van der Waals surface area contributed by atoms with Gasteiger partial charge in [0.2, 0.25) is 5.91 Å². The van der Waals surface area contributed by atoms with Gasteiger partial charge in [0.05, 0.1) is 0 Å². The minimum atomic E-state index is -0.230. The Morgan fingerprint density at radius 3 is 2.57 bits per heavy atom. The first-order valence-corrected chi connectivity index (χ1v) is 8.46. The fourth-order valence-electron chi connectivity index (χ4n) is 2.52. The van der Waals surface area contributed by atoms with E-state index in [1.807, 2.05) is 11.8 Å². The molecule has 1 atom stereocenters. The number of nitrogens with zero attached hydrogens (tertiary/aromatic N) is 1. The van der Waals surface area contributed by atoms with Crippen molar-refractivity contribution in [1.82, 2.24) is 4.90 Å². The molecule has 1 fully saturated rings. The van der Waals surface area contributed by atoms with E-state index in [1.54, 1.807) is 23.9 Å². The van der Waals surface area contributed by atoms with Crippen LogP contribution in [0.4, 0.5) is 4.39 Å². The summed E-state index contributed by atoms with van der Waals surface area (Å²) in [6, 6.07) is 6.41. The Balaban J connectivity index is 1.78. The van der Waals surface area contributed by atoms with Gasteiger partial charge >= 0.3 is 0 Å². The first-order valence-electron chi connectivity index (χ1n) is 7.47. The SMILES string of the molecule is CC(CSc1ccc(F)cc1)C(=O)N1CCC(CN)CC1. The van der Waals surface area contributed by atoms with E-state index in [0.717, 1.165) is 43.1 Å². The van der Waals surface area contributed by atoms with Crippen molar-refractivity contribution >= 4 is 17.7 Å². The van der Waals surface area contributed by atoms with Crippen LogP contribution in [-0.2, 0) is 4.79 Å². The van der Waals surface area contributed by atoms with E-state index < -0.39 is 0 Å². The predicted octanol–water partition coefficient (Wildman–Crippen LogP) is 2.75. The Labute approximate surface area is 130 Å². The van der Waals surface area contributed by atoms with Gasteiger partial charge in [0, 0.05) is 29.7 Å². The monoisotopic (exact) mass is 310 g/mol. The van der Waals surface area contributed by atoms with Crippen LogP contribution < -0.4 is 5.73 Å². The summed E-state index contributed by atoms with van der Waals surface area (Å²) in [5.74, 6) is 1.26. The molecule has 0 aliphatic carbocycles. The van der Waals surface area contributed by atoms with Crippen molar-refractivity contribution in [3.63, 3.8) is 0 Å². The molecule has 1 saturated heterocycles. The number of halogens is 1. The van der Waals surface area contributed by atoms with Crippen molar-refractivity contribution in [1.29, 1.82) is 0 Å². The zero-order valence-electron chi connectivity index (χ0n) is 12.4. The molecule has 1 aliphatic rings. The largest absolute Gasteiger partial charge is 0.342 e. The van der Waals surface area contributed by atoms with Crippen LogP contribution in [0.25, 0.3) is 0 Å². The third-order valence-corrected chi connectivity index (χ3v) is 5.27. The van der Waals surface area contributed by atoms with Gasteiger partial charge in [-0.25, -0.2) is 4.39 Å². The number of carbonyl (C=O) groups excluding carboxylic acids is 1. The number of nitrogens with two attached hydrogens (primary N) is 1. The van der Waals surface area contributed by atoms with Crippen LogP contribution in [0.1, 0.15) is 19.8 Å². The van der Waals surface area contributed by atoms with Crippen molar-refractivity contribution in [2.45, 2.75) is 24.7 Å². The van der Waals surface area contributed by atoms with Crippen molar-refractivity contribution in [2.75, 3.05) is 25.4 Å². The average molecular weight is 310 g/mol. The summed E-state index contributed by atoms with van der Waals surface area (Å²) < 4.78 is 12.8. The molecule has 0 bridgehead atoms. The fourth-order valence-corrected chi connectivity index (χ4v) is 3.44. The molecule has 1 unspecified atom stereocenters. The highest BCUT2D eigenvalue weighted by Crippen LogP contribution is 2.23. The molecule has 0 radical (unpaired) electrons. The topological polar surface area (TPSA) is 46.3 Å². The zero-order valence-corrected chi connectivity index (χ0v) is 13.2. The highest BCUT2D eigenvalue weighted by atomic mass is 32.2. The maximum atomic E-state index is 12.8. The minimum absolute atomic E-state index is 0.0190. The Hall–Kier alpha value is -1.07. The highest BCUT2D eigenvalue weighted by Gasteiger charge is 2.25. The van der Waals surface area contributed by atoms with Crippen LogP contribution in [0.15, 0.2) is 29.2 Å². The average Bonchev–Trinajstić information content (AvgIpc) is 2.53. The van der Waals surface area contributed by atoms with E-state index >= 15 is 0 Å². The fraction of sp³-hybridized carbons (Fsp3) is 0.562. The van der Waals surface area contributed by atoms with Crippen LogP contribution in [0.3, 0.4) is 0 Å². The molecule has 116 valence electrons. The number of rotatable bonds is 5. The molecule has 0 saturated carbocycles. The Kier molecular flexibility index (Phi) is 6.06. The van der Waals surface area contributed by atoms with Crippen LogP contribution >= 0.6 is 11.8 Å². The second kappa shape index (κ2) is 7.80. The normalized spacial score (nSPS) is 17.8. The van der Waals surface area contributed by atoms with Crippen molar-refractivity contribution in [2.24, 2.45) is 17.6 Å². The predicted molar refractivity (Wildman–Crippen MR) is 84.6 cm³/mol. The van der Waals surface area contributed by atoms with Gasteiger partial charge in [-0.15, -0.1) is 11.8 Å². The number of benzene rings is 1. The molecular weight excluding hydrogens is 287 g/mol. The molecule has 1 aromatic rings. The first-order chi connectivity index (χ1) is 10.1. The third-order valence-electron chi connectivity index (χ3n) is 3.99. The van der Waals surface area contributed by atoms with Gasteiger partial charge < -0.3 is 10.6 Å². The van der Waals surface area contributed by atoms with E-state index in [1.165, 1.54) is 12.1 Å². The molecule has 1 heterocycles. The minimum Gasteiger partial charge on any atom is -0.342 e. The number of thioether (sulfide) groups is 1. The number of hydrogen-bond donors (Lipinski definition) is 1. The smallest absolute Gasteiger partial charge is 0.226 e. The lowest BCUT2D eigenvalue weighted by Crippen LogP contribution is -2.42. The summed E-state index contributed by atoms with van der Waals surface area (Å²) in [5.41, 5.74) is 5.67. The Morgan fingerprint density at radius 1 is 1.38 bits per heavy atom. The number of piperidine rings is 1. The van der Waals surface area contributed by atoms with Crippen LogP contribution in [0.2, 0.25) is 0 Å². The molecule has 2 rings (SSSR count). The molecule has 1 aliphatic heterocycles. The molecule has 0 spiro atoms. The van der Waals surface area contributed by atoms with Gasteiger partial charge in [-0.2, -0.15) is 0 Å². The van der Waals surface area contributed by atoms with E-state index in [0.29, 0.717) is 5.92 Å². The number of likely N-dealkylation sites (tertiary alicyclic amines) is 1. The molecule has 1 amide bonds. The first kappa shape index (κ1) is 16.3. The van der Waals surface area contributed by atoms with Crippen LogP contribution in [-0.4, -0.2) is 36.2 Å². The standard InChI is InChI=1S/C16H23FN2OS/c1-12(11-21-15-4-2-14(17)3-5-15)16(20)19-8-6-13(10-18)7-9-19/h2-5,12-13H,6-11,18H2,1H3. The van der Waals surface area contributed by atoms with Crippen LogP contribution in [0.5, 0.6) is 0 Å². The zero-order chi connectivity index (χ0) is 15.2. The molecule has 21 heavy (non-hydrogen) atoms. The Morgan fingerprint density at radius 2 is 2.00 bits per heavy atom. The lowest BCUT2D eigenvalue weighted by Gasteiger charge is -2.33. The van der Waals surface area contributed by atoms with E-state index in [4.69, 9.17) is 5.73 Å². The number of hydrogen-bond acceptors (Lipinski definition) is 3. The Bertz CT molecular complexity index is 458. The highest BCUT2D eigenvalue weighted by molar-refractivity contribution is 7.99. The molecule has 2 N–H and O–H groups in total. The maximum Gasteiger partial charge on any atom is 0.226 e. The molecule has 0 aromatic heterocycles. The quantitative estimate of drug-likeness (QED) is 0.851. The molecule has 1 aromatic carbocycles. The summed E-state index contributed by atoms with van der Waals surface area (Å²) in [6.07, 6.45) is 2.03. The van der Waals surface area contributed by atoms with Crippen molar-refractivity contribution in [3.8, 4) is 0 Å². The summed E-state index contributed by atoms with van der Waals surface area (Å²) in [5, 5.41) is 0. The number of carbonyl (C=O) groups is 1. The van der Waals surface area contributed by atoms with Crippen molar-refractivity contribution < 1.29 is 9.18 Å². The molecule has 5 heteroatoms. The second-order valence-electron chi connectivity index (χ2n) is 5.67. The van der Waals surface area contributed by atoms with Gasteiger partial charge in [0.25, 0.3) is 0 Å². The summed E-state index contributed by atoms with van der Waals surface area (Å²) in [7, 11) is 0. The number of amides is 1. The summed E-state index contributed by atoms with van der Waals surface area (Å²) in [6.45, 7) is 4.34. The lowest BCUT2D eigenvalue weighted by atomic mass is 9.96. The van der Waals surface area contributed by atoms with Gasteiger partial charge in [0.1, 0.15) is 5.82 Å². The van der Waals surface area contributed by atoms with E-state index in [9.17, 15) is 9.18 Å². The van der Waals surface area contributed by atoms with Gasteiger partial charge in [-0.1, -0.05) is 6.92 Å².